The van der Waals surface area contributed by atoms with Crippen LogP contribution in [0.4, 0.5) is 0 Å². The molecule has 1 saturated carbocycles. The topological polar surface area (TPSA) is 37.3 Å². The van der Waals surface area contributed by atoms with E-state index in [2.05, 4.69) is 32.9 Å². The third-order valence-corrected chi connectivity index (χ3v) is 4.04. The number of benzene rings is 1. The van der Waals surface area contributed by atoms with Gasteiger partial charge in [0, 0.05) is 0 Å². The van der Waals surface area contributed by atoms with Crippen molar-refractivity contribution in [2.75, 3.05) is 0 Å². The molecule has 98 valence electrons. The molecule has 0 heterocycles. The first-order chi connectivity index (χ1) is 8.18. The first-order valence-corrected chi connectivity index (χ1v) is 6.54. The Balaban J connectivity index is 2.56. The molecule has 0 bridgehead atoms. The van der Waals surface area contributed by atoms with Crippen molar-refractivity contribution in [1.82, 2.24) is 0 Å². The lowest BCUT2D eigenvalue weighted by atomic mass is 9.80. The van der Waals surface area contributed by atoms with E-state index in [1.165, 1.54) is 5.56 Å². The van der Waals surface area contributed by atoms with Crippen LogP contribution in [0.5, 0.6) is 0 Å². The summed E-state index contributed by atoms with van der Waals surface area (Å²) in [6.45, 7) is 10.6. The lowest BCUT2D eigenvalue weighted by Gasteiger charge is -2.24. The molecule has 2 nitrogen and oxygen atoms in total. The predicted octanol–water partition coefficient (Wildman–Crippen LogP) is 3.72. The summed E-state index contributed by atoms with van der Waals surface area (Å²) in [5.41, 5.74) is 4.09. The van der Waals surface area contributed by atoms with E-state index in [0.29, 0.717) is 0 Å². The van der Waals surface area contributed by atoms with Crippen LogP contribution in [0.25, 0.3) is 0 Å². The van der Waals surface area contributed by atoms with Gasteiger partial charge in [-0.3, -0.25) is 4.79 Å². The number of hydrogen-bond donors (Lipinski definition) is 1. The number of carboxylic acids is 1. The second kappa shape index (κ2) is 3.84. The summed E-state index contributed by atoms with van der Waals surface area (Å²) in [7, 11) is 0. The highest BCUT2D eigenvalue weighted by Crippen LogP contribution is 2.51. The lowest BCUT2D eigenvalue weighted by molar-refractivity contribution is -0.140. The average molecular weight is 246 g/mol. The maximum atomic E-state index is 11.5. The third kappa shape index (κ3) is 1.94. The fourth-order valence-electron chi connectivity index (χ4n) is 2.85. The Kier molecular flexibility index (Phi) is 2.80. The zero-order valence-electron chi connectivity index (χ0n) is 11.9. The standard InChI is InChI=1S/C16H22O2/c1-10-8-12(15(3,4)5)9-11(2)13(10)16(6-7-16)14(17)18/h8-9H,6-7H2,1-5H3,(H,17,18). The molecular weight excluding hydrogens is 224 g/mol. The summed E-state index contributed by atoms with van der Waals surface area (Å²) in [6, 6.07) is 4.32. The molecule has 0 radical (unpaired) electrons. The molecule has 0 saturated heterocycles. The van der Waals surface area contributed by atoms with Crippen molar-refractivity contribution in [2.24, 2.45) is 0 Å². The van der Waals surface area contributed by atoms with Gasteiger partial charge in [0.2, 0.25) is 0 Å². The molecular formula is C16H22O2. The second-order valence-corrected chi connectivity index (χ2v) is 6.62. The Bertz CT molecular complexity index is 479. The van der Waals surface area contributed by atoms with E-state index in [4.69, 9.17) is 0 Å². The van der Waals surface area contributed by atoms with Crippen LogP contribution >= 0.6 is 0 Å². The molecule has 1 N–H and O–H groups in total. The smallest absolute Gasteiger partial charge is 0.314 e. The number of hydrogen-bond acceptors (Lipinski definition) is 1. The molecule has 18 heavy (non-hydrogen) atoms. The molecule has 2 heteroatoms. The predicted molar refractivity (Wildman–Crippen MR) is 73.2 cm³/mol. The summed E-state index contributed by atoms with van der Waals surface area (Å²) in [5.74, 6) is -0.669. The summed E-state index contributed by atoms with van der Waals surface area (Å²) in [6.07, 6.45) is 1.55. The summed E-state index contributed by atoms with van der Waals surface area (Å²) in [4.78, 5) is 11.5. The number of rotatable bonds is 2. The van der Waals surface area contributed by atoms with Gasteiger partial charge in [0.15, 0.2) is 0 Å². The highest BCUT2D eigenvalue weighted by Gasteiger charge is 2.53. The number of carbonyl (C=O) groups is 1. The Morgan fingerprint density at radius 2 is 1.61 bits per heavy atom. The van der Waals surface area contributed by atoms with Crippen LogP contribution in [-0.4, -0.2) is 11.1 Å². The van der Waals surface area contributed by atoms with Gasteiger partial charge in [-0.25, -0.2) is 0 Å². The highest BCUT2D eigenvalue weighted by molar-refractivity contribution is 5.86. The fraction of sp³-hybridized carbons (Fsp3) is 0.562. The van der Waals surface area contributed by atoms with E-state index in [1.807, 2.05) is 13.8 Å². The molecule has 0 spiro atoms. The maximum Gasteiger partial charge on any atom is 0.314 e. The molecule has 1 aromatic rings. The van der Waals surface area contributed by atoms with Crippen molar-refractivity contribution in [3.05, 3.63) is 34.4 Å². The largest absolute Gasteiger partial charge is 0.481 e. The second-order valence-electron chi connectivity index (χ2n) is 6.62. The monoisotopic (exact) mass is 246 g/mol. The van der Waals surface area contributed by atoms with E-state index >= 15 is 0 Å². The maximum absolute atomic E-state index is 11.5. The van der Waals surface area contributed by atoms with Gasteiger partial charge in [-0.1, -0.05) is 32.9 Å². The van der Waals surface area contributed by atoms with Crippen LogP contribution in [0, 0.1) is 13.8 Å². The highest BCUT2D eigenvalue weighted by atomic mass is 16.4. The molecule has 2 rings (SSSR count). The van der Waals surface area contributed by atoms with E-state index < -0.39 is 11.4 Å². The number of aliphatic carboxylic acids is 1. The first kappa shape index (κ1) is 13.1. The van der Waals surface area contributed by atoms with Crippen molar-refractivity contribution in [2.45, 2.75) is 58.3 Å². The van der Waals surface area contributed by atoms with E-state index in [1.54, 1.807) is 0 Å². The van der Waals surface area contributed by atoms with Gasteiger partial charge < -0.3 is 5.11 Å². The van der Waals surface area contributed by atoms with Gasteiger partial charge in [0.25, 0.3) is 0 Å². The number of carboxylic acid groups (broad SMARTS) is 1. The molecule has 0 amide bonds. The van der Waals surface area contributed by atoms with Crippen molar-refractivity contribution in [3.8, 4) is 0 Å². The summed E-state index contributed by atoms with van der Waals surface area (Å²) >= 11 is 0. The summed E-state index contributed by atoms with van der Waals surface area (Å²) in [5, 5.41) is 9.44. The molecule has 1 aliphatic carbocycles. The Hall–Kier alpha value is -1.31. The Morgan fingerprint density at radius 3 is 1.89 bits per heavy atom. The lowest BCUT2D eigenvalue weighted by Crippen LogP contribution is -2.23. The van der Waals surface area contributed by atoms with Gasteiger partial charge in [-0.2, -0.15) is 0 Å². The van der Waals surface area contributed by atoms with Crippen LogP contribution in [-0.2, 0) is 15.6 Å². The zero-order valence-corrected chi connectivity index (χ0v) is 11.9. The zero-order chi connectivity index (χ0) is 13.7. The average Bonchev–Trinajstić information content (AvgIpc) is 2.96. The van der Waals surface area contributed by atoms with Gasteiger partial charge in [0.1, 0.15) is 0 Å². The normalized spacial score (nSPS) is 17.6. The van der Waals surface area contributed by atoms with Gasteiger partial charge in [0.05, 0.1) is 5.41 Å². The van der Waals surface area contributed by atoms with E-state index in [9.17, 15) is 9.90 Å². The van der Waals surface area contributed by atoms with Crippen molar-refractivity contribution >= 4 is 5.97 Å². The van der Waals surface area contributed by atoms with Crippen molar-refractivity contribution < 1.29 is 9.90 Å². The van der Waals surface area contributed by atoms with Crippen LogP contribution in [0.1, 0.15) is 55.9 Å². The van der Waals surface area contributed by atoms with Crippen LogP contribution in [0.3, 0.4) is 0 Å². The fourth-order valence-corrected chi connectivity index (χ4v) is 2.85. The Morgan fingerprint density at radius 1 is 1.17 bits per heavy atom. The van der Waals surface area contributed by atoms with Gasteiger partial charge in [-0.05, 0) is 54.4 Å². The third-order valence-electron chi connectivity index (χ3n) is 4.04. The molecule has 1 fully saturated rings. The van der Waals surface area contributed by atoms with E-state index in [-0.39, 0.29) is 5.41 Å². The summed E-state index contributed by atoms with van der Waals surface area (Å²) < 4.78 is 0. The van der Waals surface area contributed by atoms with Gasteiger partial charge >= 0.3 is 5.97 Å². The molecule has 0 aliphatic heterocycles. The minimum atomic E-state index is -0.669. The minimum absolute atomic E-state index is 0.105. The molecule has 1 aliphatic rings. The molecule has 0 unspecified atom stereocenters. The van der Waals surface area contributed by atoms with Crippen molar-refractivity contribution in [3.63, 3.8) is 0 Å². The minimum Gasteiger partial charge on any atom is -0.481 e. The van der Waals surface area contributed by atoms with Crippen LogP contribution in [0.2, 0.25) is 0 Å². The molecule has 0 aromatic heterocycles. The SMILES string of the molecule is Cc1cc(C(C)(C)C)cc(C)c1C1(C(=O)O)CC1. The quantitative estimate of drug-likeness (QED) is 0.863. The Labute approximate surface area is 109 Å². The van der Waals surface area contributed by atoms with Crippen LogP contribution in [0.15, 0.2) is 12.1 Å². The first-order valence-electron chi connectivity index (χ1n) is 6.54. The number of aryl methyl sites for hydroxylation is 2. The molecule has 1 aromatic carbocycles. The molecule has 0 atom stereocenters. The van der Waals surface area contributed by atoms with E-state index in [0.717, 1.165) is 29.5 Å². The van der Waals surface area contributed by atoms with Crippen molar-refractivity contribution in [1.29, 1.82) is 0 Å². The van der Waals surface area contributed by atoms with Crippen LogP contribution < -0.4 is 0 Å². The van der Waals surface area contributed by atoms with Gasteiger partial charge in [-0.15, -0.1) is 0 Å².